The highest BCUT2D eigenvalue weighted by Crippen LogP contribution is 2.33. The fourth-order valence-corrected chi connectivity index (χ4v) is 2.95. The molecule has 0 bridgehead atoms. The lowest BCUT2D eigenvalue weighted by molar-refractivity contribution is -0.132. The first-order valence-corrected chi connectivity index (χ1v) is 7.48. The summed E-state index contributed by atoms with van der Waals surface area (Å²) in [6.45, 7) is 0.202. The van der Waals surface area contributed by atoms with E-state index >= 15 is 0 Å². The van der Waals surface area contributed by atoms with Gasteiger partial charge in [0.2, 0.25) is 5.91 Å². The van der Waals surface area contributed by atoms with Crippen LogP contribution in [0, 0.1) is 11.6 Å². The van der Waals surface area contributed by atoms with Crippen LogP contribution in [0.2, 0.25) is 0 Å². The first-order valence-electron chi connectivity index (χ1n) is 7.48. The van der Waals surface area contributed by atoms with Gasteiger partial charge in [0.1, 0.15) is 0 Å². The minimum Gasteiger partial charge on any atom is -0.472 e. The van der Waals surface area contributed by atoms with Crippen LogP contribution in [0.25, 0.3) is 0 Å². The van der Waals surface area contributed by atoms with Gasteiger partial charge in [0.05, 0.1) is 24.7 Å². The third-order valence-electron chi connectivity index (χ3n) is 4.14. The van der Waals surface area contributed by atoms with E-state index in [1.807, 2.05) is 0 Å². The summed E-state index contributed by atoms with van der Waals surface area (Å²) in [6, 6.07) is 4.95. The second-order valence-electron chi connectivity index (χ2n) is 5.76. The summed E-state index contributed by atoms with van der Waals surface area (Å²) in [5.41, 5.74) is 1.42. The Morgan fingerprint density at radius 1 is 1.30 bits per heavy atom. The zero-order valence-corrected chi connectivity index (χ0v) is 12.4. The Balaban J connectivity index is 1.73. The van der Waals surface area contributed by atoms with Crippen molar-refractivity contribution < 1.29 is 23.1 Å². The molecule has 0 radical (unpaired) electrons. The zero-order valence-electron chi connectivity index (χ0n) is 12.4. The number of rotatable bonds is 4. The lowest BCUT2D eigenvalue weighted by Crippen LogP contribution is -2.32. The summed E-state index contributed by atoms with van der Waals surface area (Å²) in [5, 5.41) is 9.88. The Morgan fingerprint density at radius 3 is 2.83 bits per heavy atom. The van der Waals surface area contributed by atoms with Gasteiger partial charge in [-0.1, -0.05) is 6.07 Å². The number of aliphatic hydroxyl groups is 1. The summed E-state index contributed by atoms with van der Waals surface area (Å²) in [7, 11) is 0. The Labute approximate surface area is 132 Å². The molecule has 1 aliphatic heterocycles. The Hall–Kier alpha value is -2.21. The van der Waals surface area contributed by atoms with E-state index in [4.69, 9.17) is 4.42 Å². The van der Waals surface area contributed by atoms with Crippen LogP contribution in [0.5, 0.6) is 0 Å². The number of aryl methyl sites for hydroxylation is 1. The molecule has 1 aliphatic rings. The van der Waals surface area contributed by atoms with E-state index < -0.39 is 23.8 Å². The number of carbonyl (C=O) groups is 1. The van der Waals surface area contributed by atoms with Gasteiger partial charge in [-0.25, -0.2) is 8.78 Å². The van der Waals surface area contributed by atoms with Crippen molar-refractivity contribution in [3.8, 4) is 0 Å². The molecule has 4 nitrogen and oxygen atoms in total. The summed E-state index contributed by atoms with van der Waals surface area (Å²) in [4.78, 5) is 14.0. The minimum absolute atomic E-state index is 0.127. The maximum absolute atomic E-state index is 13.4. The zero-order chi connectivity index (χ0) is 16.4. The van der Waals surface area contributed by atoms with Crippen LogP contribution >= 0.6 is 0 Å². The van der Waals surface area contributed by atoms with Crippen LogP contribution in [0.4, 0.5) is 8.78 Å². The Morgan fingerprint density at radius 2 is 2.13 bits per heavy atom. The van der Waals surface area contributed by atoms with Gasteiger partial charge >= 0.3 is 0 Å². The number of carbonyl (C=O) groups excluding carboxylic acids is 1. The van der Waals surface area contributed by atoms with Crippen LogP contribution in [-0.4, -0.2) is 28.6 Å². The Kier molecular flexibility index (Phi) is 4.43. The monoisotopic (exact) mass is 321 g/mol. The van der Waals surface area contributed by atoms with E-state index in [-0.39, 0.29) is 18.9 Å². The lowest BCUT2D eigenvalue weighted by Gasteiger charge is -2.25. The van der Waals surface area contributed by atoms with Crippen molar-refractivity contribution in [3.05, 3.63) is 59.6 Å². The molecule has 0 saturated carbocycles. The average Bonchev–Trinajstić information content (AvgIpc) is 3.17. The van der Waals surface area contributed by atoms with Crippen LogP contribution in [0.1, 0.15) is 30.0 Å². The van der Waals surface area contributed by atoms with Gasteiger partial charge < -0.3 is 14.4 Å². The molecule has 1 saturated heterocycles. The van der Waals surface area contributed by atoms with Crippen molar-refractivity contribution in [1.82, 2.24) is 4.90 Å². The highest BCUT2D eigenvalue weighted by molar-refractivity contribution is 5.77. The fourth-order valence-electron chi connectivity index (χ4n) is 2.95. The third kappa shape index (κ3) is 3.42. The first kappa shape index (κ1) is 15.7. The summed E-state index contributed by atoms with van der Waals surface area (Å²) >= 11 is 0. The topological polar surface area (TPSA) is 53.7 Å². The number of β-amino-alcohol motifs (C(OH)–C–C–N with tert-alkyl or cyclic N) is 1. The molecule has 0 spiro atoms. The number of hydrogen-bond acceptors (Lipinski definition) is 3. The van der Waals surface area contributed by atoms with Crippen LogP contribution in [0.3, 0.4) is 0 Å². The third-order valence-corrected chi connectivity index (χ3v) is 4.14. The van der Waals surface area contributed by atoms with Crippen molar-refractivity contribution in [2.75, 3.05) is 6.54 Å². The molecule has 6 heteroatoms. The quantitative estimate of drug-likeness (QED) is 0.942. The van der Waals surface area contributed by atoms with Gasteiger partial charge in [0, 0.05) is 13.0 Å². The number of likely N-dealkylation sites (tertiary alicyclic amines) is 1. The van der Waals surface area contributed by atoms with Crippen molar-refractivity contribution in [2.45, 2.75) is 31.4 Å². The maximum atomic E-state index is 13.4. The number of furan rings is 1. The summed E-state index contributed by atoms with van der Waals surface area (Å²) < 4.78 is 31.5. The number of aliphatic hydroxyl groups excluding tert-OH is 1. The molecule has 2 atom stereocenters. The molecule has 2 aromatic rings. The average molecular weight is 321 g/mol. The molecule has 1 aromatic carbocycles. The van der Waals surface area contributed by atoms with Gasteiger partial charge in [-0.2, -0.15) is 0 Å². The molecule has 3 rings (SSSR count). The number of amides is 1. The maximum Gasteiger partial charge on any atom is 0.223 e. The minimum atomic E-state index is -0.949. The molecule has 1 aromatic heterocycles. The molecule has 122 valence electrons. The van der Waals surface area contributed by atoms with Crippen molar-refractivity contribution >= 4 is 5.91 Å². The van der Waals surface area contributed by atoms with Crippen LogP contribution in [0.15, 0.2) is 41.2 Å². The number of nitrogens with zero attached hydrogens (tertiary/aromatic N) is 1. The molecule has 1 N–H and O–H groups in total. The molecule has 0 unspecified atom stereocenters. The molecule has 1 amide bonds. The Bertz CT molecular complexity index is 687. The van der Waals surface area contributed by atoms with E-state index in [1.165, 1.54) is 11.0 Å². The number of hydrogen-bond donors (Lipinski definition) is 1. The fraction of sp³-hybridized carbons (Fsp3) is 0.353. The highest BCUT2D eigenvalue weighted by atomic mass is 19.2. The molecule has 0 aliphatic carbocycles. The highest BCUT2D eigenvalue weighted by Gasteiger charge is 2.35. The SMILES string of the molecule is O=C(CCc1ccoc1)N1C[C@@H](O)C[C@H]1c1ccc(F)c(F)c1. The van der Waals surface area contributed by atoms with Crippen LogP contribution in [-0.2, 0) is 11.2 Å². The van der Waals surface area contributed by atoms with Gasteiger partial charge in [-0.05, 0) is 42.2 Å². The molecule has 1 fully saturated rings. The summed E-state index contributed by atoms with van der Waals surface area (Å²) in [6.07, 6.45) is 3.59. The van der Waals surface area contributed by atoms with E-state index in [9.17, 15) is 18.7 Å². The van der Waals surface area contributed by atoms with Crippen LogP contribution < -0.4 is 0 Å². The smallest absolute Gasteiger partial charge is 0.223 e. The van der Waals surface area contributed by atoms with E-state index in [1.54, 1.807) is 18.6 Å². The number of benzene rings is 1. The molecule has 23 heavy (non-hydrogen) atoms. The van der Waals surface area contributed by atoms with Crippen molar-refractivity contribution in [3.63, 3.8) is 0 Å². The van der Waals surface area contributed by atoms with Gasteiger partial charge in [-0.3, -0.25) is 4.79 Å². The molecular weight excluding hydrogens is 304 g/mol. The van der Waals surface area contributed by atoms with Crippen molar-refractivity contribution in [2.24, 2.45) is 0 Å². The first-order chi connectivity index (χ1) is 11.0. The van der Waals surface area contributed by atoms with Gasteiger partial charge in [0.25, 0.3) is 0 Å². The van der Waals surface area contributed by atoms with E-state index in [0.717, 1.165) is 17.7 Å². The lowest BCUT2D eigenvalue weighted by atomic mass is 10.0. The summed E-state index contributed by atoms with van der Waals surface area (Å²) in [5.74, 6) is -2.00. The number of halogens is 2. The largest absolute Gasteiger partial charge is 0.472 e. The standard InChI is InChI=1S/C17H17F2NO3/c18-14-3-2-12(7-15(14)19)16-8-13(21)9-20(16)17(22)4-1-11-5-6-23-10-11/h2-3,5-7,10,13,16,21H,1,4,8-9H2/t13-,16-/m0/s1. The normalized spacial score (nSPS) is 20.9. The predicted octanol–water partition coefficient (Wildman–Crippen LogP) is 2.82. The second kappa shape index (κ2) is 6.50. The second-order valence-corrected chi connectivity index (χ2v) is 5.76. The van der Waals surface area contributed by atoms with E-state index in [2.05, 4.69) is 0 Å². The molecular formula is C17H17F2NO3. The van der Waals surface area contributed by atoms with E-state index in [0.29, 0.717) is 18.4 Å². The predicted molar refractivity (Wildman–Crippen MR) is 78.5 cm³/mol. The van der Waals surface area contributed by atoms with Gasteiger partial charge in [0.15, 0.2) is 11.6 Å². The van der Waals surface area contributed by atoms with Gasteiger partial charge in [-0.15, -0.1) is 0 Å². The molecule has 2 heterocycles. The van der Waals surface area contributed by atoms with Crippen molar-refractivity contribution in [1.29, 1.82) is 0 Å².